The van der Waals surface area contributed by atoms with Gasteiger partial charge in [0, 0.05) is 12.9 Å². The highest BCUT2D eigenvalue weighted by Gasteiger charge is 2.41. The molecular weight excluding hydrogens is 182 g/mol. The number of aliphatic hydroxyl groups excluding tert-OH is 1. The maximum absolute atomic E-state index is 11.1. The van der Waals surface area contributed by atoms with Crippen LogP contribution in [0.4, 0.5) is 0 Å². The third-order valence-electron chi connectivity index (χ3n) is 1.93. The van der Waals surface area contributed by atoms with E-state index in [0.717, 1.165) is 6.26 Å². The molecule has 0 aliphatic carbocycles. The summed E-state index contributed by atoms with van der Waals surface area (Å²) in [5, 5.41) is 8.54. The molecule has 12 heavy (non-hydrogen) atoms. The van der Waals surface area contributed by atoms with Gasteiger partial charge in [-0.05, 0) is 13.3 Å². The summed E-state index contributed by atoms with van der Waals surface area (Å²) in [5.41, 5.74) is 4.91. The molecule has 0 spiro atoms. The van der Waals surface area contributed by atoms with Crippen LogP contribution in [0.25, 0.3) is 0 Å². The Kier molecular flexibility index (Phi) is 3.23. The molecule has 0 fully saturated rings. The van der Waals surface area contributed by atoms with Crippen molar-refractivity contribution in [3.63, 3.8) is 0 Å². The van der Waals surface area contributed by atoms with Gasteiger partial charge < -0.3 is 10.8 Å². The van der Waals surface area contributed by atoms with Gasteiger partial charge in [0.05, 0.1) is 0 Å². The summed E-state index contributed by atoms with van der Waals surface area (Å²) in [5.74, 6) is -0.931. The van der Waals surface area contributed by atoms with Crippen LogP contribution in [0, 0.1) is 0 Å². The molecule has 3 N–H and O–H groups in total. The minimum absolute atomic E-state index is 0.166. The smallest absolute Gasteiger partial charge is 0.238 e. The van der Waals surface area contributed by atoms with E-state index in [1.165, 1.54) is 6.92 Å². The zero-order valence-corrected chi connectivity index (χ0v) is 7.89. The largest absolute Gasteiger partial charge is 0.396 e. The van der Waals surface area contributed by atoms with Gasteiger partial charge in [0.15, 0.2) is 9.84 Å². The molecule has 0 bridgehead atoms. The predicted octanol–water partition coefficient (Wildman–Crippen LogP) is -1.34. The van der Waals surface area contributed by atoms with Gasteiger partial charge in [-0.3, -0.25) is 4.79 Å². The first-order valence-corrected chi connectivity index (χ1v) is 5.25. The first-order chi connectivity index (χ1) is 5.25. The molecule has 0 heterocycles. The molecule has 0 aromatic heterocycles. The number of amides is 1. The minimum atomic E-state index is -3.56. The van der Waals surface area contributed by atoms with Gasteiger partial charge >= 0.3 is 0 Å². The summed E-state index contributed by atoms with van der Waals surface area (Å²) in [6.07, 6.45) is 0.759. The Bertz CT molecular complexity index is 271. The first kappa shape index (κ1) is 11.4. The average Bonchev–Trinajstić information content (AvgIpc) is 1.85. The fraction of sp³-hybridized carbons (Fsp3) is 0.833. The molecule has 0 rings (SSSR count). The summed E-state index contributed by atoms with van der Waals surface area (Å²) < 4.78 is 20.5. The Morgan fingerprint density at radius 2 is 2.00 bits per heavy atom. The van der Waals surface area contributed by atoms with Crippen molar-refractivity contribution in [1.29, 1.82) is 0 Å². The molecule has 1 atom stereocenters. The average molecular weight is 195 g/mol. The molecule has 0 aliphatic heterocycles. The van der Waals surface area contributed by atoms with Crippen molar-refractivity contribution >= 4 is 15.7 Å². The quantitative estimate of drug-likeness (QED) is 0.580. The van der Waals surface area contributed by atoms with Crippen LogP contribution in [0.2, 0.25) is 0 Å². The summed E-state index contributed by atoms with van der Waals surface area (Å²) >= 11 is 0. The number of hydrogen-bond donors (Lipinski definition) is 2. The van der Waals surface area contributed by atoms with Crippen molar-refractivity contribution in [3.05, 3.63) is 0 Å². The maximum atomic E-state index is 11.1. The standard InChI is InChI=1S/C6H13NO4S/c1-6(3-4-8,5(7)9)12(2,10)11/h8H,3-4H2,1-2H3,(H2,7,9). The second kappa shape index (κ2) is 3.40. The second-order valence-electron chi connectivity index (χ2n) is 2.84. The van der Waals surface area contributed by atoms with Crippen molar-refractivity contribution in [2.45, 2.75) is 18.1 Å². The van der Waals surface area contributed by atoms with Gasteiger partial charge in [0.25, 0.3) is 0 Å². The predicted molar refractivity (Wildman–Crippen MR) is 44.1 cm³/mol. The van der Waals surface area contributed by atoms with Crippen molar-refractivity contribution in [1.82, 2.24) is 0 Å². The van der Waals surface area contributed by atoms with E-state index in [2.05, 4.69) is 0 Å². The zero-order valence-electron chi connectivity index (χ0n) is 7.07. The van der Waals surface area contributed by atoms with Crippen LogP contribution < -0.4 is 5.73 Å². The fourth-order valence-electron chi connectivity index (χ4n) is 0.705. The van der Waals surface area contributed by atoms with E-state index in [9.17, 15) is 13.2 Å². The highest BCUT2D eigenvalue weighted by molar-refractivity contribution is 7.92. The Labute approximate surface area is 71.5 Å². The summed E-state index contributed by atoms with van der Waals surface area (Å²) in [4.78, 5) is 10.8. The number of nitrogens with two attached hydrogens (primary N) is 1. The van der Waals surface area contributed by atoms with E-state index in [1.807, 2.05) is 0 Å². The van der Waals surface area contributed by atoms with E-state index in [0.29, 0.717) is 0 Å². The van der Waals surface area contributed by atoms with Gasteiger partial charge in [-0.1, -0.05) is 0 Å². The van der Waals surface area contributed by atoms with Crippen molar-refractivity contribution in [2.75, 3.05) is 12.9 Å². The highest BCUT2D eigenvalue weighted by atomic mass is 32.2. The van der Waals surface area contributed by atoms with E-state index in [-0.39, 0.29) is 13.0 Å². The van der Waals surface area contributed by atoms with Crippen LogP contribution in [0.15, 0.2) is 0 Å². The van der Waals surface area contributed by atoms with Crippen LogP contribution in [0.5, 0.6) is 0 Å². The normalized spacial score (nSPS) is 16.9. The van der Waals surface area contributed by atoms with Gasteiger partial charge in [0.2, 0.25) is 5.91 Å². The number of primary amides is 1. The Balaban J connectivity index is 5.02. The summed E-state index contributed by atoms with van der Waals surface area (Å²) in [7, 11) is -3.56. The van der Waals surface area contributed by atoms with Gasteiger partial charge in [0.1, 0.15) is 4.75 Å². The van der Waals surface area contributed by atoms with Crippen LogP contribution in [-0.4, -0.2) is 37.0 Å². The van der Waals surface area contributed by atoms with E-state index in [4.69, 9.17) is 10.8 Å². The molecule has 0 saturated carbocycles. The van der Waals surface area contributed by atoms with Crippen LogP contribution in [0.1, 0.15) is 13.3 Å². The monoisotopic (exact) mass is 195 g/mol. The second-order valence-corrected chi connectivity index (χ2v) is 5.29. The minimum Gasteiger partial charge on any atom is -0.396 e. The maximum Gasteiger partial charge on any atom is 0.238 e. The molecule has 5 nitrogen and oxygen atoms in total. The summed E-state index contributed by atoms with van der Waals surface area (Å²) in [6, 6.07) is 0. The topological polar surface area (TPSA) is 97.5 Å². The van der Waals surface area contributed by atoms with E-state index < -0.39 is 20.5 Å². The van der Waals surface area contributed by atoms with Crippen LogP contribution >= 0.6 is 0 Å². The number of sulfone groups is 1. The van der Waals surface area contributed by atoms with Gasteiger partial charge in [-0.25, -0.2) is 8.42 Å². The van der Waals surface area contributed by atoms with Crippen molar-refractivity contribution in [3.8, 4) is 0 Å². The lowest BCUT2D eigenvalue weighted by atomic mass is 10.1. The molecule has 0 aliphatic rings. The molecule has 0 aromatic rings. The molecule has 0 saturated heterocycles. The third-order valence-corrected chi connectivity index (χ3v) is 3.97. The SMILES string of the molecule is CC(CCO)(C(N)=O)S(C)(=O)=O. The molecule has 72 valence electrons. The molecule has 1 unspecified atom stereocenters. The molecule has 0 radical (unpaired) electrons. The number of aliphatic hydroxyl groups is 1. The number of carbonyl (C=O) groups excluding carboxylic acids is 1. The third kappa shape index (κ3) is 1.95. The molecule has 1 amide bonds. The lowest BCUT2D eigenvalue weighted by Gasteiger charge is -2.22. The van der Waals surface area contributed by atoms with E-state index >= 15 is 0 Å². The lowest BCUT2D eigenvalue weighted by molar-refractivity contribution is -0.120. The molecule has 6 heteroatoms. The lowest BCUT2D eigenvalue weighted by Crippen LogP contribution is -2.48. The molecule has 0 aromatic carbocycles. The first-order valence-electron chi connectivity index (χ1n) is 3.36. The van der Waals surface area contributed by atoms with Crippen LogP contribution in [-0.2, 0) is 14.6 Å². The zero-order chi connectivity index (χ0) is 9.99. The number of carbonyl (C=O) groups is 1. The number of hydrogen-bond acceptors (Lipinski definition) is 4. The van der Waals surface area contributed by atoms with Crippen LogP contribution in [0.3, 0.4) is 0 Å². The Hall–Kier alpha value is -0.620. The van der Waals surface area contributed by atoms with Crippen molar-refractivity contribution < 1.29 is 18.3 Å². The van der Waals surface area contributed by atoms with Gasteiger partial charge in [-0.2, -0.15) is 0 Å². The Morgan fingerprint density at radius 3 is 2.08 bits per heavy atom. The summed E-state index contributed by atoms with van der Waals surface area (Å²) in [6.45, 7) is 0.827. The fourth-order valence-corrected chi connectivity index (χ4v) is 1.53. The Morgan fingerprint density at radius 1 is 1.58 bits per heavy atom. The molecular formula is C6H13NO4S. The van der Waals surface area contributed by atoms with Gasteiger partial charge in [-0.15, -0.1) is 0 Å². The number of rotatable bonds is 4. The van der Waals surface area contributed by atoms with Crippen molar-refractivity contribution in [2.24, 2.45) is 5.73 Å². The van der Waals surface area contributed by atoms with E-state index in [1.54, 1.807) is 0 Å². The highest BCUT2D eigenvalue weighted by Crippen LogP contribution is 2.19.